The summed E-state index contributed by atoms with van der Waals surface area (Å²) in [6.45, 7) is 0.641. The van der Waals surface area contributed by atoms with Crippen LogP contribution in [0.15, 0.2) is 11.4 Å². The van der Waals surface area contributed by atoms with E-state index in [-0.39, 0.29) is 18.0 Å². The lowest BCUT2D eigenvalue weighted by molar-refractivity contribution is -0.122. The van der Waals surface area contributed by atoms with Gasteiger partial charge in [0.1, 0.15) is 11.4 Å². The van der Waals surface area contributed by atoms with Crippen molar-refractivity contribution in [3.05, 3.63) is 11.4 Å². The molecule has 12 heavy (non-hydrogen) atoms. The van der Waals surface area contributed by atoms with E-state index in [2.05, 4.69) is 0 Å². The Bertz CT molecular complexity index is 278. The molecule has 0 bridgehead atoms. The van der Waals surface area contributed by atoms with E-state index in [0.29, 0.717) is 18.1 Å². The van der Waals surface area contributed by atoms with Crippen molar-refractivity contribution in [3.63, 3.8) is 0 Å². The summed E-state index contributed by atoms with van der Waals surface area (Å²) < 4.78 is 0. The highest BCUT2D eigenvalue weighted by molar-refractivity contribution is 6.22. The summed E-state index contributed by atoms with van der Waals surface area (Å²) in [6.07, 6.45) is 0.0549. The van der Waals surface area contributed by atoms with Gasteiger partial charge in [-0.3, -0.25) is 9.59 Å². The third-order valence-corrected chi connectivity index (χ3v) is 2.26. The number of rotatable bonds is 0. The van der Waals surface area contributed by atoms with Crippen LogP contribution < -0.4 is 0 Å². The Balaban J connectivity index is 2.49. The molecule has 0 spiro atoms. The van der Waals surface area contributed by atoms with Gasteiger partial charge in [0, 0.05) is 14.1 Å². The van der Waals surface area contributed by atoms with Crippen molar-refractivity contribution in [2.45, 2.75) is 6.42 Å². The average molecular weight is 166 g/mol. The van der Waals surface area contributed by atoms with Crippen LogP contribution in [0.4, 0.5) is 0 Å². The lowest BCUT2D eigenvalue weighted by Crippen LogP contribution is -2.26. The number of carbonyl (C=O) groups excluding carboxylic acids is 2. The van der Waals surface area contributed by atoms with Gasteiger partial charge in [-0.2, -0.15) is 0 Å². The molecule has 0 fully saturated rings. The Morgan fingerprint density at radius 2 is 1.42 bits per heavy atom. The Morgan fingerprint density at radius 3 is 1.83 bits per heavy atom. The van der Waals surface area contributed by atoms with E-state index < -0.39 is 0 Å². The molecule has 1 aliphatic carbocycles. The van der Waals surface area contributed by atoms with Crippen LogP contribution in [0.2, 0.25) is 0 Å². The number of hydrogen-bond acceptors (Lipinski definition) is 4. The van der Waals surface area contributed by atoms with Gasteiger partial charge in [0.25, 0.3) is 0 Å². The van der Waals surface area contributed by atoms with Crippen molar-refractivity contribution in [1.29, 1.82) is 0 Å². The van der Waals surface area contributed by atoms with Crippen LogP contribution >= 0.6 is 0 Å². The number of allylic oxidation sites excluding steroid dienone is 2. The van der Waals surface area contributed by atoms with Gasteiger partial charge in [-0.25, -0.2) is 0 Å². The first-order valence-corrected chi connectivity index (χ1v) is 3.84. The quantitative estimate of drug-likeness (QED) is 0.458. The van der Waals surface area contributed by atoms with Crippen molar-refractivity contribution in [2.24, 2.45) is 0 Å². The van der Waals surface area contributed by atoms with E-state index in [9.17, 15) is 9.59 Å². The van der Waals surface area contributed by atoms with Crippen molar-refractivity contribution >= 4 is 11.6 Å². The second kappa shape index (κ2) is 2.09. The summed E-state index contributed by atoms with van der Waals surface area (Å²) in [4.78, 5) is 26.2. The molecule has 4 nitrogen and oxygen atoms in total. The van der Waals surface area contributed by atoms with E-state index >= 15 is 0 Å². The molecule has 0 radical (unpaired) electrons. The Labute approximate surface area is 70.4 Å². The molecule has 0 saturated heterocycles. The minimum atomic E-state index is -0.0400. The first-order valence-electron chi connectivity index (χ1n) is 3.84. The molecule has 0 aromatic carbocycles. The molecule has 0 aromatic rings. The van der Waals surface area contributed by atoms with Gasteiger partial charge in [-0.1, -0.05) is 0 Å². The van der Waals surface area contributed by atoms with Gasteiger partial charge in [0.15, 0.2) is 11.6 Å². The van der Waals surface area contributed by atoms with Gasteiger partial charge < -0.3 is 9.80 Å². The second-order valence-electron chi connectivity index (χ2n) is 3.26. The minimum Gasteiger partial charge on any atom is -0.352 e. The summed E-state index contributed by atoms with van der Waals surface area (Å²) in [7, 11) is 3.66. The zero-order valence-corrected chi connectivity index (χ0v) is 7.13. The van der Waals surface area contributed by atoms with Crippen LogP contribution in [0.5, 0.6) is 0 Å². The smallest absolute Gasteiger partial charge is 0.188 e. The third-order valence-electron chi connectivity index (χ3n) is 2.26. The monoisotopic (exact) mass is 166 g/mol. The summed E-state index contributed by atoms with van der Waals surface area (Å²) in [5, 5.41) is 0. The van der Waals surface area contributed by atoms with Crippen molar-refractivity contribution in [2.75, 3.05) is 20.8 Å². The maximum Gasteiger partial charge on any atom is 0.188 e. The van der Waals surface area contributed by atoms with Crippen molar-refractivity contribution in [1.82, 2.24) is 9.80 Å². The molecule has 2 rings (SSSR count). The highest BCUT2D eigenvalue weighted by Crippen LogP contribution is 2.29. The molecule has 1 aliphatic heterocycles. The number of carbonyl (C=O) groups is 2. The molecule has 0 saturated carbocycles. The fourth-order valence-corrected chi connectivity index (χ4v) is 1.82. The number of hydrogen-bond donors (Lipinski definition) is 0. The van der Waals surface area contributed by atoms with Gasteiger partial charge >= 0.3 is 0 Å². The van der Waals surface area contributed by atoms with E-state index in [4.69, 9.17) is 0 Å². The molecule has 0 atom stereocenters. The topological polar surface area (TPSA) is 40.6 Å². The van der Waals surface area contributed by atoms with Crippen molar-refractivity contribution < 1.29 is 9.59 Å². The van der Waals surface area contributed by atoms with E-state index in [1.165, 1.54) is 0 Å². The lowest BCUT2D eigenvalue weighted by atomic mass is 10.3. The van der Waals surface area contributed by atoms with Gasteiger partial charge in [0.2, 0.25) is 0 Å². The number of ketones is 2. The summed E-state index contributed by atoms with van der Waals surface area (Å²) in [5.74, 6) is -0.0799. The molecular formula is C8H10N2O2. The molecule has 0 unspecified atom stereocenters. The highest BCUT2D eigenvalue weighted by Gasteiger charge is 2.39. The van der Waals surface area contributed by atoms with Crippen LogP contribution in [0.1, 0.15) is 6.42 Å². The summed E-state index contributed by atoms with van der Waals surface area (Å²) >= 11 is 0. The normalized spacial score (nSPS) is 22.8. The molecule has 1 heterocycles. The van der Waals surface area contributed by atoms with Gasteiger partial charge in [0.05, 0.1) is 13.1 Å². The molecule has 0 aromatic heterocycles. The predicted molar refractivity (Wildman–Crippen MR) is 42.1 cm³/mol. The zero-order chi connectivity index (χ0) is 8.88. The van der Waals surface area contributed by atoms with E-state index in [1.54, 1.807) is 0 Å². The van der Waals surface area contributed by atoms with Crippen molar-refractivity contribution in [3.8, 4) is 0 Å². The average Bonchev–Trinajstić information content (AvgIpc) is 2.38. The molecule has 0 amide bonds. The maximum atomic E-state index is 11.3. The largest absolute Gasteiger partial charge is 0.352 e. The number of likely N-dealkylation sites (N-methyl/N-ethyl adjacent to an activating group) is 2. The zero-order valence-electron chi connectivity index (χ0n) is 7.13. The number of Topliss-reactive ketones (excluding diaryl/α,β-unsaturated/α-hetero) is 2. The van der Waals surface area contributed by atoms with Gasteiger partial charge in [-0.05, 0) is 0 Å². The maximum absolute atomic E-state index is 11.3. The second-order valence-corrected chi connectivity index (χ2v) is 3.26. The van der Waals surface area contributed by atoms with Crippen LogP contribution in [0.25, 0.3) is 0 Å². The van der Waals surface area contributed by atoms with E-state index in [0.717, 1.165) is 0 Å². The van der Waals surface area contributed by atoms with E-state index in [1.807, 2.05) is 23.9 Å². The fourth-order valence-electron chi connectivity index (χ4n) is 1.82. The molecule has 4 heteroatoms. The standard InChI is InChI=1S/C8H10N2O2/c1-9-4-10(2)8-6(12)3-5(11)7(8)9/h3-4H2,1-2H3. The van der Waals surface area contributed by atoms with Crippen LogP contribution in [-0.2, 0) is 9.59 Å². The molecular weight excluding hydrogens is 156 g/mol. The summed E-state index contributed by atoms with van der Waals surface area (Å²) in [6, 6.07) is 0. The first kappa shape index (κ1) is 7.34. The fraction of sp³-hybridized carbons (Fsp3) is 0.500. The molecule has 0 N–H and O–H groups in total. The van der Waals surface area contributed by atoms with Crippen LogP contribution in [0, 0.1) is 0 Å². The Hall–Kier alpha value is -1.32. The highest BCUT2D eigenvalue weighted by atomic mass is 16.2. The first-order chi connectivity index (χ1) is 5.61. The molecule has 2 aliphatic rings. The minimum absolute atomic E-state index is 0.0400. The molecule has 64 valence electrons. The third kappa shape index (κ3) is 0.719. The Kier molecular flexibility index (Phi) is 1.28. The predicted octanol–water partition coefficient (Wildman–Crippen LogP) is -0.425. The summed E-state index contributed by atoms with van der Waals surface area (Å²) in [5.41, 5.74) is 1.20. The van der Waals surface area contributed by atoms with Crippen LogP contribution in [0.3, 0.4) is 0 Å². The lowest BCUT2D eigenvalue weighted by Gasteiger charge is -2.16. The number of nitrogens with zero attached hydrogens (tertiary/aromatic N) is 2. The van der Waals surface area contributed by atoms with Crippen LogP contribution in [-0.4, -0.2) is 42.1 Å². The van der Waals surface area contributed by atoms with Gasteiger partial charge in [-0.15, -0.1) is 0 Å². The SMILES string of the molecule is CN1CN(C)C2=C1C(=O)CC2=O. The Morgan fingerprint density at radius 1 is 1.00 bits per heavy atom.